The molecule has 1 aromatic carbocycles. The van der Waals surface area contributed by atoms with E-state index in [1.54, 1.807) is 6.07 Å². The molecule has 1 saturated heterocycles. The van der Waals surface area contributed by atoms with Crippen LogP contribution in [0.25, 0.3) is 0 Å². The van der Waals surface area contributed by atoms with Gasteiger partial charge in [-0.15, -0.1) is 12.4 Å². The van der Waals surface area contributed by atoms with E-state index < -0.39 is 0 Å². The Morgan fingerprint density at radius 2 is 2.08 bits per heavy atom. The lowest BCUT2D eigenvalue weighted by Gasteiger charge is -2.29. The standard InChI is InChI=1S/C17H20FN3OS.ClH/c1-12-10-23-11-14(12)17(22)20-9-13-2-3-16(15(18)8-13)21-6-4-19-5-7-21;/h2-3,8,10-11,19H,4-7,9H2,1H3,(H,20,22);1H. The minimum atomic E-state index is -0.231. The Hall–Kier alpha value is -1.63. The molecule has 3 rings (SSSR count). The smallest absolute Gasteiger partial charge is 0.252 e. The Morgan fingerprint density at radius 1 is 1.33 bits per heavy atom. The fourth-order valence-electron chi connectivity index (χ4n) is 2.69. The number of carbonyl (C=O) groups excluding carboxylic acids is 1. The molecule has 0 radical (unpaired) electrons. The molecule has 0 atom stereocenters. The molecule has 0 spiro atoms. The van der Waals surface area contributed by atoms with E-state index in [1.807, 2.05) is 28.7 Å². The summed E-state index contributed by atoms with van der Waals surface area (Å²) in [6, 6.07) is 5.19. The largest absolute Gasteiger partial charge is 0.367 e. The van der Waals surface area contributed by atoms with Crippen molar-refractivity contribution in [1.82, 2.24) is 10.6 Å². The molecule has 2 heterocycles. The number of hydrogen-bond acceptors (Lipinski definition) is 4. The Balaban J connectivity index is 0.00000208. The van der Waals surface area contributed by atoms with Gasteiger partial charge in [-0.25, -0.2) is 4.39 Å². The second kappa shape index (κ2) is 8.46. The molecule has 0 aliphatic carbocycles. The number of rotatable bonds is 4. The minimum Gasteiger partial charge on any atom is -0.367 e. The average Bonchev–Trinajstić information content (AvgIpc) is 3.00. The third kappa shape index (κ3) is 4.26. The zero-order valence-corrected chi connectivity index (χ0v) is 15.1. The molecule has 1 aromatic heterocycles. The third-order valence-corrected chi connectivity index (χ3v) is 4.88. The van der Waals surface area contributed by atoms with Crippen LogP contribution < -0.4 is 15.5 Å². The van der Waals surface area contributed by atoms with Crippen LogP contribution in [-0.4, -0.2) is 32.1 Å². The predicted molar refractivity (Wildman–Crippen MR) is 99.0 cm³/mol. The number of carbonyl (C=O) groups is 1. The van der Waals surface area contributed by atoms with Crippen molar-refractivity contribution >= 4 is 35.3 Å². The first kappa shape index (κ1) is 18.7. The van der Waals surface area contributed by atoms with Crippen LogP contribution >= 0.6 is 23.7 Å². The highest BCUT2D eigenvalue weighted by molar-refractivity contribution is 7.08. The maximum absolute atomic E-state index is 14.3. The number of amides is 1. The second-order valence-electron chi connectivity index (χ2n) is 5.67. The number of anilines is 1. The van der Waals surface area contributed by atoms with Crippen molar-refractivity contribution in [3.05, 3.63) is 51.5 Å². The molecule has 2 N–H and O–H groups in total. The van der Waals surface area contributed by atoms with Crippen LogP contribution in [0.4, 0.5) is 10.1 Å². The van der Waals surface area contributed by atoms with Gasteiger partial charge in [0.1, 0.15) is 5.82 Å². The van der Waals surface area contributed by atoms with Crippen molar-refractivity contribution in [1.29, 1.82) is 0 Å². The van der Waals surface area contributed by atoms with E-state index in [-0.39, 0.29) is 24.1 Å². The van der Waals surface area contributed by atoms with Crippen LogP contribution in [-0.2, 0) is 6.54 Å². The molecule has 130 valence electrons. The van der Waals surface area contributed by atoms with Gasteiger partial charge in [0.15, 0.2) is 0 Å². The summed E-state index contributed by atoms with van der Waals surface area (Å²) in [7, 11) is 0. The van der Waals surface area contributed by atoms with E-state index in [4.69, 9.17) is 0 Å². The molecule has 0 unspecified atom stereocenters. The van der Waals surface area contributed by atoms with Gasteiger partial charge in [-0.2, -0.15) is 11.3 Å². The molecule has 2 aromatic rings. The highest BCUT2D eigenvalue weighted by atomic mass is 35.5. The Labute approximate surface area is 151 Å². The third-order valence-electron chi connectivity index (χ3n) is 4.02. The van der Waals surface area contributed by atoms with Gasteiger partial charge >= 0.3 is 0 Å². The monoisotopic (exact) mass is 369 g/mol. The van der Waals surface area contributed by atoms with E-state index in [2.05, 4.69) is 10.6 Å². The van der Waals surface area contributed by atoms with Crippen LogP contribution in [0.1, 0.15) is 21.5 Å². The normalized spacial score (nSPS) is 14.2. The van der Waals surface area contributed by atoms with Crippen LogP contribution in [0.15, 0.2) is 29.0 Å². The van der Waals surface area contributed by atoms with Crippen molar-refractivity contribution in [2.75, 3.05) is 31.1 Å². The van der Waals surface area contributed by atoms with Crippen LogP contribution in [0.5, 0.6) is 0 Å². The molecule has 4 nitrogen and oxygen atoms in total. The Kier molecular flexibility index (Phi) is 6.60. The SMILES string of the molecule is Cc1cscc1C(=O)NCc1ccc(N2CCNCC2)c(F)c1.Cl. The van der Waals surface area contributed by atoms with Crippen LogP contribution in [0, 0.1) is 12.7 Å². The molecule has 1 fully saturated rings. The lowest BCUT2D eigenvalue weighted by Crippen LogP contribution is -2.43. The van der Waals surface area contributed by atoms with Gasteiger partial charge in [0.25, 0.3) is 5.91 Å². The van der Waals surface area contributed by atoms with E-state index >= 15 is 0 Å². The maximum atomic E-state index is 14.3. The summed E-state index contributed by atoms with van der Waals surface area (Å²) < 4.78 is 14.3. The molecule has 0 saturated carbocycles. The van der Waals surface area contributed by atoms with Gasteiger partial charge in [0.2, 0.25) is 0 Å². The van der Waals surface area contributed by atoms with Crippen molar-refractivity contribution in [2.24, 2.45) is 0 Å². The Bertz CT molecular complexity index is 701. The summed E-state index contributed by atoms with van der Waals surface area (Å²) in [5.74, 6) is -0.347. The number of halogens is 2. The summed E-state index contributed by atoms with van der Waals surface area (Å²) in [6.07, 6.45) is 0. The number of nitrogens with one attached hydrogen (secondary N) is 2. The summed E-state index contributed by atoms with van der Waals surface area (Å²) in [5, 5.41) is 9.87. The summed E-state index contributed by atoms with van der Waals surface area (Å²) >= 11 is 1.50. The van der Waals surface area contributed by atoms with Gasteiger partial charge in [0.05, 0.1) is 11.3 Å². The zero-order valence-electron chi connectivity index (χ0n) is 13.5. The minimum absolute atomic E-state index is 0. The lowest BCUT2D eigenvalue weighted by atomic mass is 10.1. The fourth-order valence-corrected chi connectivity index (χ4v) is 3.52. The van der Waals surface area contributed by atoms with E-state index in [9.17, 15) is 9.18 Å². The highest BCUT2D eigenvalue weighted by Gasteiger charge is 2.15. The number of benzene rings is 1. The molecular formula is C17H21ClFN3OS. The topological polar surface area (TPSA) is 44.4 Å². The maximum Gasteiger partial charge on any atom is 0.252 e. The summed E-state index contributed by atoms with van der Waals surface area (Å²) in [6.45, 7) is 5.60. The predicted octanol–water partition coefficient (Wildman–Crippen LogP) is 2.96. The van der Waals surface area contributed by atoms with Crippen LogP contribution in [0.2, 0.25) is 0 Å². The van der Waals surface area contributed by atoms with E-state index in [0.29, 0.717) is 17.8 Å². The second-order valence-corrected chi connectivity index (χ2v) is 6.42. The van der Waals surface area contributed by atoms with Gasteiger partial charge in [-0.05, 0) is 35.6 Å². The molecule has 1 aliphatic rings. The molecule has 7 heteroatoms. The Morgan fingerprint density at radius 3 is 2.71 bits per heavy atom. The summed E-state index contributed by atoms with van der Waals surface area (Å²) in [5.41, 5.74) is 3.05. The number of thiophene rings is 1. The van der Waals surface area contributed by atoms with Gasteiger partial charge in [-0.3, -0.25) is 4.79 Å². The van der Waals surface area contributed by atoms with Crippen molar-refractivity contribution in [3.8, 4) is 0 Å². The molecule has 1 amide bonds. The zero-order chi connectivity index (χ0) is 16.2. The van der Waals surface area contributed by atoms with Crippen LogP contribution in [0.3, 0.4) is 0 Å². The fraction of sp³-hybridized carbons (Fsp3) is 0.353. The van der Waals surface area contributed by atoms with Crippen molar-refractivity contribution < 1.29 is 9.18 Å². The van der Waals surface area contributed by atoms with Gasteiger partial charge in [-0.1, -0.05) is 6.07 Å². The van der Waals surface area contributed by atoms with Crippen molar-refractivity contribution in [3.63, 3.8) is 0 Å². The lowest BCUT2D eigenvalue weighted by molar-refractivity contribution is 0.0950. The average molecular weight is 370 g/mol. The van der Waals surface area contributed by atoms with E-state index in [1.165, 1.54) is 17.4 Å². The number of nitrogens with zero attached hydrogens (tertiary/aromatic N) is 1. The van der Waals surface area contributed by atoms with Crippen molar-refractivity contribution in [2.45, 2.75) is 13.5 Å². The first-order valence-electron chi connectivity index (χ1n) is 7.70. The number of aryl methyl sites for hydroxylation is 1. The molecule has 1 aliphatic heterocycles. The van der Waals surface area contributed by atoms with Gasteiger partial charge < -0.3 is 15.5 Å². The van der Waals surface area contributed by atoms with Gasteiger partial charge in [0, 0.05) is 38.1 Å². The first-order chi connectivity index (χ1) is 11.1. The molecule has 24 heavy (non-hydrogen) atoms. The van der Waals surface area contributed by atoms with E-state index in [0.717, 1.165) is 37.3 Å². The number of hydrogen-bond donors (Lipinski definition) is 2. The highest BCUT2D eigenvalue weighted by Crippen LogP contribution is 2.21. The quantitative estimate of drug-likeness (QED) is 0.870. The summed E-state index contributed by atoms with van der Waals surface area (Å²) in [4.78, 5) is 14.1. The molecule has 0 bridgehead atoms. The molecular weight excluding hydrogens is 349 g/mol. The number of piperazine rings is 1. The first-order valence-corrected chi connectivity index (χ1v) is 8.64.